The summed E-state index contributed by atoms with van der Waals surface area (Å²) in [7, 11) is 0. The lowest BCUT2D eigenvalue weighted by atomic mass is 9.93. The van der Waals surface area contributed by atoms with Crippen molar-refractivity contribution in [1.82, 2.24) is 14.8 Å². The van der Waals surface area contributed by atoms with Crippen LogP contribution in [0.25, 0.3) is 0 Å². The second-order valence-corrected chi connectivity index (χ2v) is 9.01. The molecule has 2 saturated heterocycles. The van der Waals surface area contributed by atoms with E-state index in [4.69, 9.17) is 4.74 Å². The van der Waals surface area contributed by atoms with Crippen LogP contribution in [-0.4, -0.2) is 69.7 Å². The van der Waals surface area contributed by atoms with Crippen LogP contribution in [0.15, 0.2) is 48.8 Å². The van der Waals surface area contributed by atoms with Crippen LogP contribution in [0.1, 0.15) is 38.2 Å². The minimum Gasteiger partial charge on any atom is -0.490 e. The molecular weight excluding hydrogens is 408 g/mol. The van der Waals surface area contributed by atoms with Crippen molar-refractivity contribution in [2.24, 2.45) is 0 Å². The fourth-order valence-corrected chi connectivity index (χ4v) is 4.05. The molecule has 2 N–H and O–H groups in total. The number of ether oxygens (including phenoxy) is 1. The van der Waals surface area contributed by atoms with Gasteiger partial charge < -0.3 is 25.0 Å². The third-order valence-corrected chi connectivity index (χ3v) is 5.99. The molecule has 2 fully saturated rings. The number of benzene rings is 1. The first-order chi connectivity index (χ1) is 15.3. The quantitative estimate of drug-likeness (QED) is 0.749. The summed E-state index contributed by atoms with van der Waals surface area (Å²) in [6.07, 6.45) is 5.06. The van der Waals surface area contributed by atoms with Gasteiger partial charge in [-0.15, -0.1) is 0 Å². The summed E-state index contributed by atoms with van der Waals surface area (Å²) in [4.78, 5) is 32.2. The molecule has 170 valence electrons. The molecule has 3 amide bonds. The highest BCUT2D eigenvalue weighted by Crippen LogP contribution is 2.27. The van der Waals surface area contributed by atoms with E-state index in [-0.39, 0.29) is 18.0 Å². The molecule has 8 nitrogen and oxygen atoms in total. The van der Waals surface area contributed by atoms with Crippen molar-refractivity contribution in [1.29, 1.82) is 0 Å². The molecule has 2 aliphatic heterocycles. The van der Waals surface area contributed by atoms with Crippen molar-refractivity contribution in [3.05, 3.63) is 54.4 Å². The van der Waals surface area contributed by atoms with Crippen molar-refractivity contribution >= 4 is 17.6 Å². The Morgan fingerprint density at radius 2 is 1.78 bits per heavy atom. The molecule has 0 aliphatic carbocycles. The van der Waals surface area contributed by atoms with Crippen molar-refractivity contribution in [3.63, 3.8) is 0 Å². The van der Waals surface area contributed by atoms with Gasteiger partial charge in [-0.25, -0.2) is 4.79 Å². The second-order valence-electron chi connectivity index (χ2n) is 9.01. The normalized spacial score (nSPS) is 17.6. The Morgan fingerprint density at radius 3 is 2.38 bits per heavy atom. The number of amides is 3. The van der Waals surface area contributed by atoms with Gasteiger partial charge in [0.1, 0.15) is 17.5 Å². The van der Waals surface area contributed by atoms with Gasteiger partial charge in [0.15, 0.2) is 0 Å². The van der Waals surface area contributed by atoms with Crippen molar-refractivity contribution in [3.8, 4) is 5.75 Å². The highest BCUT2D eigenvalue weighted by molar-refractivity contribution is 5.90. The van der Waals surface area contributed by atoms with Gasteiger partial charge in [-0.2, -0.15) is 0 Å². The molecule has 1 aromatic heterocycles. The number of hydrogen-bond donors (Lipinski definition) is 2. The number of carbonyl (C=O) groups is 2. The SMILES string of the molecule is CC(C)(O)C(=O)N1CCC(Oc2ccc(NC(=O)N3CC(c4cccnc4)C3)cc2)CC1. The van der Waals surface area contributed by atoms with Crippen molar-refractivity contribution < 1.29 is 19.4 Å². The van der Waals surface area contributed by atoms with Gasteiger partial charge in [0.2, 0.25) is 0 Å². The van der Waals surface area contributed by atoms with Crippen LogP contribution in [0.4, 0.5) is 10.5 Å². The number of aliphatic hydroxyl groups is 1. The van der Waals surface area contributed by atoms with Gasteiger partial charge >= 0.3 is 6.03 Å². The number of pyridine rings is 1. The van der Waals surface area contributed by atoms with E-state index >= 15 is 0 Å². The molecule has 2 aliphatic rings. The largest absolute Gasteiger partial charge is 0.490 e. The van der Waals surface area contributed by atoms with Gasteiger partial charge in [0, 0.05) is 63.0 Å². The monoisotopic (exact) mass is 438 g/mol. The molecule has 0 saturated carbocycles. The lowest BCUT2D eigenvalue weighted by molar-refractivity contribution is -0.149. The van der Waals surface area contributed by atoms with Crippen LogP contribution < -0.4 is 10.1 Å². The number of nitrogens with zero attached hydrogens (tertiary/aromatic N) is 3. The van der Waals surface area contributed by atoms with Gasteiger partial charge in [0.05, 0.1) is 0 Å². The summed E-state index contributed by atoms with van der Waals surface area (Å²) in [6.45, 7) is 5.54. The summed E-state index contributed by atoms with van der Waals surface area (Å²) in [5.74, 6) is 0.830. The first-order valence-electron chi connectivity index (χ1n) is 11.0. The van der Waals surface area contributed by atoms with Gasteiger partial charge in [-0.05, 0) is 49.7 Å². The second kappa shape index (κ2) is 9.16. The summed E-state index contributed by atoms with van der Waals surface area (Å²) in [6, 6.07) is 11.2. The fraction of sp³-hybridized carbons (Fsp3) is 0.458. The molecule has 2 aromatic rings. The maximum absolute atomic E-state index is 12.4. The maximum atomic E-state index is 12.4. The molecule has 0 spiro atoms. The lowest BCUT2D eigenvalue weighted by Gasteiger charge is -2.39. The Kier molecular flexibility index (Phi) is 6.32. The molecule has 0 bridgehead atoms. The van der Waals surface area contributed by atoms with Crippen LogP contribution in [0.2, 0.25) is 0 Å². The van der Waals surface area contributed by atoms with Crippen LogP contribution in [0, 0.1) is 0 Å². The maximum Gasteiger partial charge on any atom is 0.321 e. The molecule has 0 unspecified atom stereocenters. The van der Waals surface area contributed by atoms with Crippen LogP contribution in [-0.2, 0) is 4.79 Å². The van der Waals surface area contributed by atoms with Crippen molar-refractivity contribution in [2.45, 2.75) is 44.3 Å². The standard InChI is InChI=1S/C24H30N4O4/c1-24(2,31)22(29)27-12-9-21(10-13-27)32-20-7-5-19(6-8-20)26-23(30)28-15-18(16-28)17-4-3-11-25-14-17/h3-8,11,14,18,21,31H,9-10,12-13,15-16H2,1-2H3,(H,26,30). The Hall–Kier alpha value is -3.13. The average molecular weight is 439 g/mol. The van der Waals surface area contributed by atoms with Crippen molar-refractivity contribution in [2.75, 3.05) is 31.5 Å². The molecule has 0 radical (unpaired) electrons. The van der Waals surface area contributed by atoms with E-state index < -0.39 is 5.60 Å². The molecule has 8 heteroatoms. The Morgan fingerprint density at radius 1 is 1.09 bits per heavy atom. The van der Waals surface area contributed by atoms with Gasteiger partial charge in [-0.1, -0.05) is 6.07 Å². The van der Waals surface area contributed by atoms with Gasteiger partial charge in [0.25, 0.3) is 5.91 Å². The smallest absolute Gasteiger partial charge is 0.321 e. The number of piperidine rings is 1. The lowest BCUT2D eigenvalue weighted by Crippen LogP contribution is -2.50. The number of nitrogens with one attached hydrogen (secondary N) is 1. The predicted molar refractivity (Wildman–Crippen MR) is 121 cm³/mol. The summed E-state index contributed by atoms with van der Waals surface area (Å²) < 4.78 is 6.04. The van der Waals surface area contributed by atoms with E-state index in [9.17, 15) is 14.7 Å². The Bertz CT molecular complexity index is 929. The van der Waals surface area contributed by atoms with E-state index in [2.05, 4.69) is 10.3 Å². The molecule has 4 rings (SSSR count). The first kappa shape index (κ1) is 22.1. The zero-order valence-electron chi connectivity index (χ0n) is 18.5. The molecular formula is C24H30N4O4. The fourth-order valence-electron chi connectivity index (χ4n) is 4.05. The van der Waals surface area contributed by atoms with E-state index in [1.165, 1.54) is 13.8 Å². The number of hydrogen-bond acceptors (Lipinski definition) is 5. The highest BCUT2D eigenvalue weighted by Gasteiger charge is 2.33. The Labute approximate surface area is 188 Å². The summed E-state index contributed by atoms with van der Waals surface area (Å²) in [5.41, 5.74) is 0.537. The molecule has 0 atom stereocenters. The van der Waals surface area contributed by atoms with E-state index in [1.54, 1.807) is 16.0 Å². The minimum atomic E-state index is -1.34. The average Bonchev–Trinajstić information content (AvgIpc) is 2.74. The number of urea groups is 1. The zero-order chi connectivity index (χ0) is 22.7. The van der Waals surface area contributed by atoms with E-state index in [0.717, 1.165) is 17.0 Å². The summed E-state index contributed by atoms with van der Waals surface area (Å²) in [5, 5.41) is 12.8. The third-order valence-electron chi connectivity index (χ3n) is 5.99. The summed E-state index contributed by atoms with van der Waals surface area (Å²) >= 11 is 0. The zero-order valence-corrected chi connectivity index (χ0v) is 18.5. The number of likely N-dealkylation sites (tertiary alicyclic amines) is 2. The highest BCUT2D eigenvalue weighted by atomic mass is 16.5. The van der Waals surface area contributed by atoms with Crippen LogP contribution in [0.3, 0.4) is 0 Å². The van der Waals surface area contributed by atoms with Crippen LogP contribution >= 0.6 is 0 Å². The third kappa shape index (κ3) is 5.19. The number of aromatic nitrogens is 1. The van der Waals surface area contributed by atoms with E-state index in [0.29, 0.717) is 44.9 Å². The molecule has 32 heavy (non-hydrogen) atoms. The number of carbonyl (C=O) groups excluding carboxylic acids is 2. The van der Waals surface area contributed by atoms with Crippen LogP contribution in [0.5, 0.6) is 5.75 Å². The topological polar surface area (TPSA) is 95.0 Å². The van der Waals surface area contributed by atoms with E-state index in [1.807, 2.05) is 42.6 Å². The van der Waals surface area contributed by atoms with Gasteiger partial charge in [-0.3, -0.25) is 9.78 Å². The Balaban J connectivity index is 1.21. The number of rotatable bonds is 5. The molecule has 3 heterocycles. The minimum absolute atomic E-state index is 0.0202. The predicted octanol–water partition coefficient (Wildman–Crippen LogP) is 2.85. The first-order valence-corrected chi connectivity index (χ1v) is 11.0. The molecule has 1 aromatic carbocycles. The number of anilines is 1.